The summed E-state index contributed by atoms with van der Waals surface area (Å²) in [4.78, 5) is 26.7. The van der Waals surface area contributed by atoms with Crippen molar-refractivity contribution in [2.75, 3.05) is 18.5 Å². The zero-order valence-corrected chi connectivity index (χ0v) is 8.17. The fourth-order valence-electron chi connectivity index (χ4n) is 1.20. The third kappa shape index (κ3) is 2.67. The number of carbonyl (C=O) groups is 2. The number of aromatic carboxylic acids is 1. The van der Waals surface area contributed by atoms with Crippen LogP contribution in [0.3, 0.4) is 0 Å². The summed E-state index contributed by atoms with van der Waals surface area (Å²) in [7, 11) is 1.59. The number of nitrogens with two attached hydrogens (primary N) is 1. The van der Waals surface area contributed by atoms with Crippen molar-refractivity contribution in [3.8, 4) is 0 Å². The zero-order valence-electron chi connectivity index (χ0n) is 8.17. The second kappa shape index (κ2) is 4.41. The molecule has 0 fully saturated rings. The Morgan fingerprint density at radius 3 is 2.80 bits per heavy atom. The Morgan fingerprint density at radius 2 is 2.27 bits per heavy atom. The van der Waals surface area contributed by atoms with Gasteiger partial charge in [0.1, 0.15) is 5.56 Å². The van der Waals surface area contributed by atoms with Crippen molar-refractivity contribution in [1.82, 2.24) is 4.98 Å². The third-order valence-electron chi connectivity index (χ3n) is 1.83. The maximum absolute atomic E-state index is 10.8. The minimum absolute atomic E-state index is 0.0374. The van der Waals surface area contributed by atoms with Crippen LogP contribution in [0.1, 0.15) is 10.4 Å². The third-order valence-corrected chi connectivity index (χ3v) is 1.83. The van der Waals surface area contributed by atoms with Crippen LogP contribution in [0.2, 0.25) is 0 Å². The molecule has 1 rings (SSSR count). The van der Waals surface area contributed by atoms with Gasteiger partial charge in [0.05, 0.1) is 12.2 Å². The number of aromatic nitrogens is 1. The van der Waals surface area contributed by atoms with Crippen molar-refractivity contribution < 1.29 is 14.7 Å². The molecule has 0 atom stereocenters. The molecular formula is C9H11N3O3. The Kier molecular flexibility index (Phi) is 3.22. The van der Waals surface area contributed by atoms with Gasteiger partial charge >= 0.3 is 5.97 Å². The maximum atomic E-state index is 10.8. The smallest absolute Gasteiger partial charge is 0.339 e. The summed E-state index contributed by atoms with van der Waals surface area (Å²) in [5, 5.41) is 8.87. The van der Waals surface area contributed by atoms with Crippen LogP contribution >= 0.6 is 0 Å². The number of rotatable bonds is 4. The lowest BCUT2D eigenvalue weighted by molar-refractivity contribution is -0.116. The predicted octanol–water partition coefficient (Wildman–Crippen LogP) is -0.299. The fourth-order valence-corrected chi connectivity index (χ4v) is 1.20. The van der Waals surface area contributed by atoms with Gasteiger partial charge in [-0.25, -0.2) is 4.79 Å². The quantitative estimate of drug-likeness (QED) is 0.709. The molecule has 0 aromatic carbocycles. The number of pyridine rings is 1. The van der Waals surface area contributed by atoms with Crippen molar-refractivity contribution in [3.63, 3.8) is 0 Å². The second-order valence-electron chi connectivity index (χ2n) is 3.02. The minimum Gasteiger partial charge on any atom is -0.478 e. The molecule has 0 radical (unpaired) electrons. The summed E-state index contributed by atoms with van der Waals surface area (Å²) in [5.41, 5.74) is 5.47. The molecule has 1 aromatic heterocycles. The average molecular weight is 209 g/mol. The molecule has 0 spiro atoms. The molecule has 6 heteroatoms. The van der Waals surface area contributed by atoms with E-state index in [1.165, 1.54) is 23.4 Å². The number of hydrogen-bond acceptors (Lipinski definition) is 4. The molecule has 0 aliphatic carbocycles. The summed E-state index contributed by atoms with van der Waals surface area (Å²) in [6, 6.07) is 1.52. The largest absolute Gasteiger partial charge is 0.478 e. The summed E-state index contributed by atoms with van der Waals surface area (Å²) in [5.74, 6) is -1.61. The number of carbonyl (C=O) groups excluding carboxylic acids is 1. The molecule has 0 saturated heterocycles. The summed E-state index contributed by atoms with van der Waals surface area (Å²) >= 11 is 0. The van der Waals surface area contributed by atoms with E-state index in [0.29, 0.717) is 5.69 Å². The molecule has 80 valence electrons. The first-order valence-corrected chi connectivity index (χ1v) is 4.19. The molecule has 0 bridgehead atoms. The zero-order chi connectivity index (χ0) is 11.4. The first-order chi connectivity index (χ1) is 7.02. The number of hydrogen-bond donors (Lipinski definition) is 2. The Labute approximate surface area is 86.3 Å². The Balaban J connectivity index is 3.02. The summed E-state index contributed by atoms with van der Waals surface area (Å²) in [6.45, 7) is -0.0374. The van der Waals surface area contributed by atoms with Crippen LogP contribution in [0.15, 0.2) is 18.5 Å². The van der Waals surface area contributed by atoms with Crippen molar-refractivity contribution in [1.29, 1.82) is 0 Å². The van der Waals surface area contributed by atoms with Crippen LogP contribution in [-0.4, -0.2) is 35.6 Å². The molecule has 3 N–H and O–H groups in total. The molecule has 1 heterocycles. The number of amides is 1. The standard InChI is InChI=1S/C9H11N3O3/c1-12(5-8(10)13)7-2-3-11-4-6(7)9(14)15/h2-4H,5H2,1H3,(H2,10,13)(H,14,15). The molecule has 15 heavy (non-hydrogen) atoms. The topological polar surface area (TPSA) is 96.5 Å². The van der Waals surface area contributed by atoms with Crippen molar-refractivity contribution in [2.24, 2.45) is 5.73 Å². The predicted molar refractivity (Wildman–Crippen MR) is 53.7 cm³/mol. The molecule has 0 aliphatic rings. The van der Waals surface area contributed by atoms with Crippen molar-refractivity contribution >= 4 is 17.6 Å². The van der Waals surface area contributed by atoms with Gasteiger partial charge in [0.25, 0.3) is 0 Å². The average Bonchev–Trinajstić information content (AvgIpc) is 2.16. The van der Waals surface area contributed by atoms with E-state index in [9.17, 15) is 9.59 Å². The highest BCUT2D eigenvalue weighted by molar-refractivity contribution is 5.94. The SMILES string of the molecule is CN(CC(N)=O)c1ccncc1C(=O)O. The van der Waals surface area contributed by atoms with Crippen LogP contribution in [0, 0.1) is 0 Å². The lowest BCUT2D eigenvalue weighted by atomic mass is 10.2. The molecule has 0 aliphatic heterocycles. The minimum atomic E-state index is -1.09. The van der Waals surface area contributed by atoms with E-state index < -0.39 is 11.9 Å². The van der Waals surface area contributed by atoms with Gasteiger partial charge in [-0.1, -0.05) is 0 Å². The number of nitrogens with zero attached hydrogens (tertiary/aromatic N) is 2. The van der Waals surface area contributed by atoms with Crippen molar-refractivity contribution in [3.05, 3.63) is 24.0 Å². The Morgan fingerprint density at radius 1 is 1.60 bits per heavy atom. The van der Waals surface area contributed by atoms with Crippen LogP contribution in [-0.2, 0) is 4.79 Å². The van der Waals surface area contributed by atoms with Crippen LogP contribution in [0.25, 0.3) is 0 Å². The van der Waals surface area contributed by atoms with Gasteiger partial charge in [-0.15, -0.1) is 0 Å². The molecule has 6 nitrogen and oxygen atoms in total. The highest BCUT2D eigenvalue weighted by Gasteiger charge is 2.14. The first kappa shape index (κ1) is 11.0. The van der Waals surface area contributed by atoms with E-state index in [1.54, 1.807) is 7.05 Å². The van der Waals surface area contributed by atoms with Crippen LogP contribution in [0.4, 0.5) is 5.69 Å². The van der Waals surface area contributed by atoms with E-state index in [4.69, 9.17) is 10.8 Å². The van der Waals surface area contributed by atoms with Gasteiger partial charge in [0.2, 0.25) is 5.91 Å². The Bertz CT molecular complexity index is 392. The van der Waals surface area contributed by atoms with E-state index in [2.05, 4.69) is 4.98 Å². The summed E-state index contributed by atoms with van der Waals surface area (Å²) in [6.07, 6.45) is 2.69. The Hall–Kier alpha value is -2.11. The number of anilines is 1. The lowest BCUT2D eigenvalue weighted by Gasteiger charge is -2.18. The van der Waals surface area contributed by atoms with Crippen LogP contribution < -0.4 is 10.6 Å². The summed E-state index contributed by atoms with van der Waals surface area (Å²) < 4.78 is 0. The van der Waals surface area contributed by atoms with Crippen LogP contribution in [0.5, 0.6) is 0 Å². The van der Waals surface area contributed by atoms with Gasteiger partial charge in [-0.3, -0.25) is 9.78 Å². The molecule has 1 aromatic rings. The molecule has 0 saturated carbocycles. The number of likely N-dealkylation sites (N-methyl/N-ethyl adjacent to an activating group) is 1. The monoisotopic (exact) mass is 209 g/mol. The normalized spacial score (nSPS) is 9.67. The fraction of sp³-hybridized carbons (Fsp3) is 0.222. The number of carboxylic acids is 1. The lowest BCUT2D eigenvalue weighted by Crippen LogP contribution is -2.31. The first-order valence-electron chi connectivity index (χ1n) is 4.19. The molecule has 1 amide bonds. The number of carboxylic acid groups (broad SMARTS) is 1. The molecule has 0 unspecified atom stereocenters. The number of primary amides is 1. The maximum Gasteiger partial charge on any atom is 0.339 e. The van der Waals surface area contributed by atoms with Crippen molar-refractivity contribution in [2.45, 2.75) is 0 Å². The second-order valence-corrected chi connectivity index (χ2v) is 3.02. The van der Waals surface area contributed by atoms with Gasteiger partial charge in [-0.2, -0.15) is 0 Å². The van der Waals surface area contributed by atoms with Gasteiger partial charge in [0.15, 0.2) is 0 Å². The van der Waals surface area contributed by atoms with E-state index in [0.717, 1.165) is 0 Å². The van der Waals surface area contributed by atoms with Gasteiger partial charge in [-0.05, 0) is 6.07 Å². The van der Waals surface area contributed by atoms with Gasteiger partial charge in [0, 0.05) is 19.4 Å². The highest BCUT2D eigenvalue weighted by atomic mass is 16.4. The van der Waals surface area contributed by atoms with E-state index >= 15 is 0 Å². The van der Waals surface area contributed by atoms with E-state index in [-0.39, 0.29) is 12.1 Å². The van der Waals surface area contributed by atoms with Gasteiger partial charge < -0.3 is 15.7 Å². The van der Waals surface area contributed by atoms with E-state index in [1.807, 2.05) is 0 Å². The molecular weight excluding hydrogens is 198 g/mol. The highest BCUT2D eigenvalue weighted by Crippen LogP contribution is 2.17.